The Bertz CT molecular complexity index is 742. The fourth-order valence-corrected chi connectivity index (χ4v) is 4.31. The second kappa shape index (κ2) is 5.69. The van der Waals surface area contributed by atoms with E-state index in [0.29, 0.717) is 18.0 Å². The van der Waals surface area contributed by atoms with Gasteiger partial charge in [0.1, 0.15) is 11.6 Å². The van der Waals surface area contributed by atoms with Gasteiger partial charge in [0, 0.05) is 18.0 Å². The smallest absolute Gasteiger partial charge is 0.147 e. The van der Waals surface area contributed by atoms with Crippen molar-refractivity contribution in [2.75, 3.05) is 6.54 Å². The summed E-state index contributed by atoms with van der Waals surface area (Å²) in [4.78, 5) is 2.63. The lowest BCUT2D eigenvalue weighted by Crippen LogP contribution is -2.25. The Morgan fingerprint density at radius 2 is 1.88 bits per heavy atom. The molecule has 4 nitrogen and oxygen atoms in total. The molecule has 24 heavy (non-hydrogen) atoms. The van der Waals surface area contributed by atoms with Gasteiger partial charge in [0.2, 0.25) is 0 Å². The molecule has 1 aromatic heterocycles. The fourth-order valence-electron chi connectivity index (χ4n) is 4.31. The maximum absolute atomic E-state index is 4.62. The lowest BCUT2D eigenvalue weighted by Gasteiger charge is -2.26. The van der Waals surface area contributed by atoms with Crippen LogP contribution >= 0.6 is 0 Å². The number of benzene rings is 1. The molecule has 0 amide bonds. The molecule has 0 N–H and O–H groups in total. The summed E-state index contributed by atoms with van der Waals surface area (Å²) in [5, 5.41) is 9.21. The third kappa shape index (κ3) is 2.57. The van der Waals surface area contributed by atoms with Crippen molar-refractivity contribution in [1.29, 1.82) is 0 Å². The summed E-state index contributed by atoms with van der Waals surface area (Å²) < 4.78 is 2.50. The van der Waals surface area contributed by atoms with Gasteiger partial charge in [-0.1, -0.05) is 24.3 Å². The van der Waals surface area contributed by atoms with Crippen molar-refractivity contribution in [3.05, 3.63) is 47.0 Å². The molecule has 1 atom stereocenters. The van der Waals surface area contributed by atoms with Crippen molar-refractivity contribution in [1.82, 2.24) is 19.7 Å². The molecule has 0 bridgehead atoms. The van der Waals surface area contributed by atoms with Crippen LogP contribution in [0.25, 0.3) is 0 Å². The average Bonchev–Trinajstić information content (AvgIpc) is 3.52. The first-order valence-corrected chi connectivity index (χ1v) is 9.54. The summed E-state index contributed by atoms with van der Waals surface area (Å²) in [6.07, 6.45) is 7.78. The van der Waals surface area contributed by atoms with E-state index in [4.69, 9.17) is 0 Å². The number of likely N-dealkylation sites (tertiary alicyclic amines) is 1. The van der Waals surface area contributed by atoms with Crippen molar-refractivity contribution >= 4 is 0 Å². The molecular formula is C20H26N4. The minimum Gasteiger partial charge on any atom is -0.311 e. The predicted molar refractivity (Wildman–Crippen MR) is 93.8 cm³/mol. The number of aryl methyl sites for hydroxylation is 1. The molecule has 2 heterocycles. The third-order valence-electron chi connectivity index (χ3n) is 5.90. The quantitative estimate of drug-likeness (QED) is 0.830. The van der Waals surface area contributed by atoms with E-state index in [0.717, 1.165) is 6.54 Å². The van der Waals surface area contributed by atoms with Gasteiger partial charge in [-0.3, -0.25) is 4.90 Å². The summed E-state index contributed by atoms with van der Waals surface area (Å²) >= 11 is 0. The second-order valence-electron chi connectivity index (χ2n) is 7.83. The Kier molecular flexibility index (Phi) is 3.47. The van der Waals surface area contributed by atoms with Gasteiger partial charge in [-0.2, -0.15) is 0 Å². The molecule has 3 aliphatic rings. The van der Waals surface area contributed by atoms with Gasteiger partial charge in [0.15, 0.2) is 0 Å². The minimum atomic E-state index is 0.542. The van der Waals surface area contributed by atoms with Gasteiger partial charge in [0.05, 0.1) is 6.54 Å². The van der Waals surface area contributed by atoms with Gasteiger partial charge >= 0.3 is 0 Å². The average molecular weight is 322 g/mol. The summed E-state index contributed by atoms with van der Waals surface area (Å²) in [5.41, 5.74) is 2.91. The van der Waals surface area contributed by atoms with Crippen LogP contribution in [-0.2, 0) is 6.54 Å². The third-order valence-corrected chi connectivity index (χ3v) is 5.90. The molecule has 1 aliphatic heterocycles. The highest BCUT2D eigenvalue weighted by Crippen LogP contribution is 2.45. The van der Waals surface area contributed by atoms with E-state index in [1.54, 1.807) is 0 Å². The van der Waals surface area contributed by atoms with Crippen LogP contribution in [-0.4, -0.2) is 26.2 Å². The molecule has 126 valence electrons. The minimum absolute atomic E-state index is 0.542. The summed E-state index contributed by atoms with van der Waals surface area (Å²) in [6.45, 7) is 4.37. The maximum Gasteiger partial charge on any atom is 0.147 e. The summed E-state index contributed by atoms with van der Waals surface area (Å²) in [5.74, 6) is 3.18. The van der Waals surface area contributed by atoms with Crippen molar-refractivity contribution in [3.63, 3.8) is 0 Å². The molecule has 0 unspecified atom stereocenters. The SMILES string of the molecule is Cc1ccccc1[C@@H]1CCCN1Cc1nnc(C2CC2)n1C1CC1. The molecular weight excluding hydrogens is 296 g/mol. The Balaban J connectivity index is 1.42. The first kappa shape index (κ1) is 14.6. The highest BCUT2D eigenvalue weighted by Gasteiger charge is 2.37. The maximum atomic E-state index is 4.62. The topological polar surface area (TPSA) is 34.0 Å². The first-order valence-electron chi connectivity index (χ1n) is 9.54. The Hall–Kier alpha value is -1.68. The largest absolute Gasteiger partial charge is 0.311 e. The van der Waals surface area contributed by atoms with E-state index >= 15 is 0 Å². The number of aromatic nitrogens is 3. The summed E-state index contributed by atoms with van der Waals surface area (Å²) in [7, 11) is 0. The molecule has 2 aliphatic carbocycles. The van der Waals surface area contributed by atoms with E-state index in [1.165, 1.54) is 67.8 Å². The number of rotatable bonds is 5. The highest BCUT2D eigenvalue weighted by molar-refractivity contribution is 5.29. The lowest BCUT2D eigenvalue weighted by atomic mass is 9.99. The molecule has 5 rings (SSSR count). The molecule has 1 aromatic carbocycles. The molecule has 4 heteroatoms. The summed E-state index contributed by atoms with van der Waals surface area (Å²) in [6, 6.07) is 10.1. The van der Waals surface area contributed by atoms with Crippen LogP contribution in [0.15, 0.2) is 24.3 Å². The van der Waals surface area contributed by atoms with Crippen LogP contribution in [0.5, 0.6) is 0 Å². The van der Waals surface area contributed by atoms with Crippen LogP contribution in [0.3, 0.4) is 0 Å². The zero-order chi connectivity index (χ0) is 16.1. The van der Waals surface area contributed by atoms with E-state index < -0.39 is 0 Å². The van der Waals surface area contributed by atoms with E-state index in [9.17, 15) is 0 Å². The Morgan fingerprint density at radius 1 is 1.04 bits per heavy atom. The van der Waals surface area contributed by atoms with Crippen molar-refractivity contribution in [2.45, 2.75) is 70.0 Å². The van der Waals surface area contributed by atoms with Crippen molar-refractivity contribution in [2.24, 2.45) is 0 Å². The number of hydrogen-bond donors (Lipinski definition) is 0. The Labute approximate surface area is 143 Å². The van der Waals surface area contributed by atoms with Crippen LogP contribution in [0, 0.1) is 6.92 Å². The predicted octanol–water partition coefficient (Wildman–Crippen LogP) is 4.14. The van der Waals surface area contributed by atoms with Gasteiger partial charge in [-0.15, -0.1) is 10.2 Å². The molecule has 0 radical (unpaired) electrons. The molecule has 2 saturated carbocycles. The van der Waals surface area contributed by atoms with Crippen molar-refractivity contribution in [3.8, 4) is 0 Å². The zero-order valence-corrected chi connectivity index (χ0v) is 14.5. The van der Waals surface area contributed by atoms with Crippen LogP contribution in [0.4, 0.5) is 0 Å². The molecule has 0 spiro atoms. The highest BCUT2D eigenvalue weighted by atomic mass is 15.3. The van der Waals surface area contributed by atoms with E-state index in [-0.39, 0.29) is 0 Å². The standard InChI is InChI=1S/C20H26N4/c1-14-5-2-3-6-17(14)18-7-4-12-23(18)13-19-21-22-20(15-8-9-15)24(19)16-10-11-16/h2-3,5-6,15-16,18H,4,7-13H2,1H3/t18-/m0/s1. The van der Waals surface area contributed by atoms with Crippen molar-refractivity contribution < 1.29 is 0 Å². The fraction of sp³-hybridized carbons (Fsp3) is 0.600. The van der Waals surface area contributed by atoms with Gasteiger partial charge < -0.3 is 4.57 Å². The molecule has 2 aromatic rings. The lowest BCUT2D eigenvalue weighted by molar-refractivity contribution is 0.237. The van der Waals surface area contributed by atoms with Gasteiger partial charge in [0.25, 0.3) is 0 Å². The monoisotopic (exact) mass is 322 g/mol. The first-order chi connectivity index (χ1) is 11.8. The normalized spacial score (nSPS) is 24.6. The van der Waals surface area contributed by atoms with E-state index in [1.807, 2.05) is 0 Å². The number of nitrogens with zero attached hydrogens (tertiary/aromatic N) is 4. The number of hydrogen-bond acceptors (Lipinski definition) is 3. The van der Waals surface area contributed by atoms with Gasteiger partial charge in [-0.25, -0.2) is 0 Å². The van der Waals surface area contributed by atoms with Crippen LogP contribution < -0.4 is 0 Å². The van der Waals surface area contributed by atoms with E-state index in [2.05, 4.69) is 50.9 Å². The molecule has 3 fully saturated rings. The van der Waals surface area contributed by atoms with Crippen LogP contribution in [0.1, 0.15) is 79.3 Å². The zero-order valence-electron chi connectivity index (χ0n) is 14.5. The second-order valence-corrected chi connectivity index (χ2v) is 7.83. The van der Waals surface area contributed by atoms with Crippen LogP contribution in [0.2, 0.25) is 0 Å². The molecule has 1 saturated heterocycles. The Morgan fingerprint density at radius 3 is 2.62 bits per heavy atom. The van der Waals surface area contributed by atoms with Gasteiger partial charge in [-0.05, 0) is 63.1 Å².